The molecule has 0 aliphatic rings. The fourth-order valence-corrected chi connectivity index (χ4v) is 3.04. The van der Waals surface area contributed by atoms with Crippen LogP contribution < -0.4 is 5.32 Å². The molecule has 2 aromatic carbocycles. The van der Waals surface area contributed by atoms with E-state index >= 15 is 0 Å². The average Bonchev–Trinajstić information content (AvgIpc) is 3.02. The quantitative estimate of drug-likeness (QED) is 0.691. The van der Waals surface area contributed by atoms with Crippen molar-refractivity contribution in [3.63, 3.8) is 0 Å². The van der Waals surface area contributed by atoms with E-state index < -0.39 is 0 Å². The van der Waals surface area contributed by atoms with E-state index in [1.165, 1.54) is 16.8 Å². The van der Waals surface area contributed by atoms with Crippen LogP contribution in [0.15, 0.2) is 66.0 Å². The molecule has 0 aliphatic heterocycles. The molecule has 106 valence electrons. The molecule has 0 radical (unpaired) electrons. The first-order valence-corrected chi connectivity index (χ1v) is 8.04. The summed E-state index contributed by atoms with van der Waals surface area (Å²) in [5.41, 5.74) is 3.69. The summed E-state index contributed by atoms with van der Waals surface area (Å²) in [7, 11) is 0. The van der Waals surface area contributed by atoms with Gasteiger partial charge in [0.15, 0.2) is 0 Å². The SMILES string of the molecule is c1ccc(CNCCc2csc(-c3ccccc3)n2)cc1. The molecule has 1 heterocycles. The first-order valence-electron chi connectivity index (χ1n) is 7.16. The van der Waals surface area contributed by atoms with Crippen LogP contribution in [0.3, 0.4) is 0 Å². The Labute approximate surface area is 129 Å². The van der Waals surface area contributed by atoms with Crippen molar-refractivity contribution < 1.29 is 0 Å². The van der Waals surface area contributed by atoms with Crippen molar-refractivity contribution in [1.82, 2.24) is 10.3 Å². The molecule has 0 atom stereocenters. The molecular formula is C18H18N2S. The van der Waals surface area contributed by atoms with Crippen molar-refractivity contribution in [2.75, 3.05) is 6.54 Å². The molecule has 1 aromatic heterocycles. The molecule has 0 aliphatic carbocycles. The molecule has 0 spiro atoms. The van der Waals surface area contributed by atoms with Gasteiger partial charge in [-0.1, -0.05) is 60.7 Å². The lowest BCUT2D eigenvalue weighted by Gasteiger charge is -2.03. The highest BCUT2D eigenvalue weighted by molar-refractivity contribution is 7.13. The predicted octanol–water partition coefficient (Wildman–Crippen LogP) is 4.14. The first kappa shape index (κ1) is 14.0. The summed E-state index contributed by atoms with van der Waals surface area (Å²) < 4.78 is 0. The topological polar surface area (TPSA) is 24.9 Å². The Morgan fingerprint density at radius 3 is 2.38 bits per heavy atom. The molecule has 0 bridgehead atoms. The second kappa shape index (κ2) is 7.16. The molecule has 3 heteroatoms. The number of aromatic nitrogens is 1. The number of hydrogen-bond acceptors (Lipinski definition) is 3. The molecule has 1 N–H and O–H groups in total. The van der Waals surface area contributed by atoms with Crippen LogP contribution in [-0.2, 0) is 13.0 Å². The Balaban J connectivity index is 1.49. The average molecular weight is 294 g/mol. The molecule has 21 heavy (non-hydrogen) atoms. The van der Waals surface area contributed by atoms with Crippen LogP contribution in [0.1, 0.15) is 11.3 Å². The largest absolute Gasteiger partial charge is 0.312 e. The smallest absolute Gasteiger partial charge is 0.123 e. The van der Waals surface area contributed by atoms with Gasteiger partial charge in [0.25, 0.3) is 0 Å². The van der Waals surface area contributed by atoms with Gasteiger partial charge in [-0.25, -0.2) is 4.98 Å². The normalized spacial score (nSPS) is 10.7. The second-order valence-electron chi connectivity index (χ2n) is 4.92. The van der Waals surface area contributed by atoms with Crippen LogP contribution in [0.2, 0.25) is 0 Å². The highest BCUT2D eigenvalue weighted by Crippen LogP contribution is 2.23. The number of nitrogens with one attached hydrogen (secondary N) is 1. The van der Waals surface area contributed by atoms with E-state index in [1.54, 1.807) is 11.3 Å². The standard InChI is InChI=1S/C18H18N2S/c1-3-7-15(8-4-1)13-19-12-11-17-14-21-18(20-17)16-9-5-2-6-10-16/h1-10,14,19H,11-13H2. The van der Waals surface area contributed by atoms with Gasteiger partial charge < -0.3 is 5.32 Å². The van der Waals surface area contributed by atoms with Gasteiger partial charge in [-0.15, -0.1) is 11.3 Å². The molecule has 2 nitrogen and oxygen atoms in total. The third-order valence-corrected chi connectivity index (χ3v) is 4.24. The van der Waals surface area contributed by atoms with Crippen molar-refractivity contribution in [2.45, 2.75) is 13.0 Å². The van der Waals surface area contributed by atoms with Crippen molar-refractivity contribution in [3.05, 3.63) is 77.3 Å². The zero-order valence-electron chi connectivity index (χ0n) is 11.8. The Hall–Kier alpha value is -1.97. The van der Waals surface area contributed by atoms with E-state index in [-0.39, 0.29) is 0 Å². The number of hydrogen-bond donors (Lipinski definition) is 1. The van der Waals surface area contributed by atoms with E-state index in [2.05, 4.69) is 59.2 Å². The number of nitrogens with zero attached hydrogens (tertiary/aromatic N) is 1. The summed E-state index contributed by atoms with van der Waals surface area (Å²) in [6, 6.07) is 20.8. The Kier molecular flexibility index (Phi) is 4.77. The van der Waals surface area contributed by atoms with Gasteiger partial charge in [0.1, 0.15) is 5.01 Å². The van der Waals surface area contributed by atoms with Crippen LogP contribution in [0.4, 0.5) is 0 Å². The van der Waals surface area contributed by atoms with Crippen LogP contribution in [-0.4, -0.2) is 11.5 Å². The number of benzene rings is 2. The molecule has 0 saturated carbocycles. The van der Waals surface area contributed by atoms with Gasteiger partial charge in [0.2, 0.25) is 0 Å². The van der Waals surface area contributed by atoms with Crippen molar-refractivity contribution >= 4 is 11.3 Å². The summed E-state index contributed by atoms with van der Waals surface area (Å²) in [6.45, 7) is 1.86. The summed E-state index contributed by atoms with van der Waals surface area (Å²) in [6.07, 6.45) is 0.968. The van der Waals surface area contributed by atoms with Gasteiger partial charge >= 0.3 is 0 Å². The molecular weight excluding hydrogens is 276 g/mol. The van der Waals surface area contributed by atoms with Gasteiger partial charge in [-0.2, -0.15) is 0 Å². The van der Waals surface area contributed by atoms with Gasteiger partial charge in [0, 0.05) is 30.5 Å². The zero-order chi connectivity index (χ0) is 14.3. The zero-order valence-corrected chi connectivity index (χ0v) is 12.6. The van der Waals surface area contributed by atoms with Crippen molar-refractivity contribution in [1.29, 1.82) is 0 Å². The monoisotopic (exact) mass is 294 g/mol. The summed E-state index contributed by atoms with van der Waals surface area (Å²) >= 11 is 1.72. The third-order valence-electron chi connectivity index (χ3n) is 3.30. The Bertz CT molecular complexity index is 662. The molecule has 0 fully saturated rings. The van der Waals surface area contributed by atoms with Crippen LogP contribution in [0.5, 0.6) is 0 Å². The number of thiazole rings is 1. The lowest BCUT2D eigenvalue weighted by Crippen LogP contribution is -2.16. The molecule has 3 rings (SSSR count). The first-order chi connectivity index (χ1) is 10.4. The minimum Gasteiger partial charge on any atom is -0.312 e. The molecule has 0 amide bonds. The van der Waals surface area contributed by atoms with Crippen LogP contribution in [0.25, 0.3) is 10.6 Å². The minimum atomic E-state index is 0.913. The maximum atomic E-state index is 4.70. The number of rotatable bonds is 6. The molecule has 3 aromatic rings. The summed E-state index contributed by atoms with van der Waals surface area (Å²) in [5, 5.41) is 6.73. The maximum Gasteiger partial charge on any atom is 0.123 e. The summed E-state index contributed by atoms with van der Waals surface area (Å²) in [4.78, 5) is 4.70. The highest BCUT2D eigenvalue weighted by Gasteiger charge is 2.03. The van der Waals surface area contributed by atoms with E-state index in [4.69, 9.17) is 4.98 Å². The third kappa shape index (κ3) is 4.00. The van der Waals surface area contributed by atoms with Crippen LogP contribution in [0, 0.1) is 0 Å². The fraction of sp³-hybridized carbons (Fsp3) is 0.167. The lowest BCUT2D eigenvalue weighted by molar-refractivity contribution is 0.682. The van der Waals surface area contributed by atoms with Crippen LogP contribution >= 0.6 is 11.3 Å². The lowest BCUT2D eigenvalue weighted by atomic mass is 10.2. The van der Waals surface area contributed by atoms with Gasteiger partial charge in [0.05, 0.1) is 5.69 Å². The van der Waals surface area contributed by atoms with Crippen molar-refractivity contribution in [3.8, 4) is 10.6 Å². The summed E-state index contributed by atoms with van der Waals surface area (Å²) in [5.74, 6) is 0. The maximum absolute atomic E-state index is 4.70. The minimum absolute atomic E-state index is 0.913. The molecule has 0 saturated heterocycles. The fourth-order valence-electron chi connectivity index (χ4n) is 2.18. The van der Waals surface area contributed by atoms with E-state index in [9.17, 15) is 0 Å². The molecule has 0 unspecified atom stereocenters. The highest BCUT2D eigenvalue weighted by atomic mass is 32.1. The van der Waals surface area contributed by atoms with Gasteiger partial charge in [-0.3, -0.25) is 0 Å². The Morgan fingerprint density at radius 1 is 0.905 bits per heavy atom. The second-order valence-corrected chi connectivity index (χ2v) is 5.78. The van der Waals surface area contributed by atoms with E-state index in [0.717, 1.165) is 24.5 Å². The predicted molar refractivity (Wildman–Crippen MR) is 89.4 cm³/mol. The van der Waals surface area contributed by atoms with Crippen molar-refractivity contribution in [2.24, 2.45) is 0 Å². The Morgan fingerprint density at radius 2 is 1.62 bits per heavy atom. The van der Waals surface area contributed by atoms with E-state index in [1.807, 2.05) is 12.1 Å². The van der Waals surface area contributed by atoms with E-state index in [0.29, 0.717) is 0 Å². The van der Waals surface area contributed by atoms with Gasteiger partial charge in [-0.05, 0) is 5.56 Å².